The Hall–Kier alpha value is -0.610. The van der Waals surface area contributed by atoms with Crippen LogP contribution in [0, 0.1) is 0 Å². The molecule has 104 valence electrons. The fourth-order valence-electron chi connectivity index (χ4n) is 3.13. The fourth-order valence-corrected chi connectivity index (χ4v) is 3.13. The van der Waals surface area contributed by atoms with Crippen LogP contribution in [0.5, 0.6) is 0 Å². The average Bonchev–Trinajstić information content (AvgIpc) is 2.66. The summed E-state index contributed by atoms with van der Waals surface area (Å²) < 4.78 is 0. The van der Waals surface area contributed by atoms with Crippen molar-refractivity contribution in [3.05, 3.63) is 0 Å². The number of fused-ring (bicyclic) bond motifs is 2. The van der Waals surface area contributed by atoms with E-state index in [2.05, 4.69) is 31.1 Å². The number of rotatable bonds is 4. The highest BCUT2D eigenvalue weighted by molar-refractivity contribution is 5.78. The molecule has 1 N–H and O–H groups in total. The number of nitrogens with one attached hydrogen (secondary N) is 1. The predicted molar refractivity (Wildman–Crippen MR) is 73.5 cm³/mol. The van der Waals surface area contributed by atoms with E-state index in [1.165, 1.54) is 25.7 Å². The number of hydrogen-bond donors (Lipinski definition) is 1. The molecule has 18 heavy (non-hydrogen) atoms. The minimum absolute atomic E-state index is 0.235. The van der Waals surface area contributed by atoms with E-state index in [1.807, 2.05) is 11.9 Å². The first kappa shape index (κ1) is 13.8. The van der Waals surface area contributed by atoms with E-state index in [0.29, 0.717) is 24.7 Å². The minimum Gasteiger partial charge on any atom is -0.342 e. The van der Waals surface area contributed by atoms with Gasteiger partial charge in [-0.25, -0.2) is 0 Å². The van der Waals surface area contributed by atoms with Crippen LogP contribution in [0.4, 0.5) is 0 Å². The first-order valence-electron chi connectivity index (χ1n) is 7.19. The molecule has 0 aromatic carbocycles. The van der Waals surface area contributed by atoms with Gasteiger partial charge < -0.3 is 10.2 Å². The molecule has 2 rings (SSSR count). The first-order chi connectivity index (χ1) is 8.47. The minimum atomic E-state index is 0.235. The smallest absolute Gasteiger partial charge is 0.236 e. The van der Waals surface area contributed by atoms with Gasteiger partial charge in [-0.2, -0.15) is 0 Å². The van der Waals surface area contributed by atoms with Crippen LogP contribution in [0.15, 0.2) is 0 Å². The molecule has 0 radical (unpaired) electrons. The van der Waals surface area contributed by atoms with Crippen LogP contribution in [0.3, 0.4) is 0 Å². The van der Waals surface area contributed by atoms with Gasteiger partial charge in [0.1, 0.15) is 0 Å². The highest BCUT2D eigenvalue weighted by Gasteiger charge is 2.35. The molecule has 2 saturated heterocycles. The van der Waals surface area contributed by atoms with Crippen molar-refractivity contribution in [3.63, 3.8) is 0 Å². The monoisotopic (exact) mass is 253 g/mol. The molecular weight excluding hydrogens is 226 g/mol. The second kappa shape index (κ2) is 5.57. The Morgan fingerprint density at radius 2 is 1.78 bits per heavy atom. The van der Waals surface area contributed by atoms with Crippen LogP contribution in [0.1, 0.15) is 39.5 Å². The van der Waals surface area contributed by atoms with Gasteiger partial charge in [-0.1, -0.05) is 0 Å². The molecule has 0 spiro atoms. The van der Waals surface area contributed by atoms with Gasteiger partial charge in [0, 0.05) is 31.2 Å². The van der Waals surface area contributed by atoms with Crippen molar-refractivity contribution in [2.75, 3.05) is 20.6 Å². The Labute approximate surface area is 111 Å². The summed E-state index contributed by atoms with van der Waals surface area (Å²) in [6.45, 7) is 4.67. The van der Waals surface area contributed by atoms with Gasteiger partial charge in [0.25, 0.3) is 0 Å². The van der Waals surface area contributed by atoms with Gasteiger partial charge in [-0.05, 0) is 46.6 Å². The van der Waals surface area contributed by atoms with Crippen LogP contribution in [0.25, 0.3) is 0 Å². The molecule has 0 aromatic heterocycles. The van der Waals surface area contributed by atoms with Gasteiger partial charge in [-0.15, -0.1) is 0 Å². The SMILES string of the molecule is CC(C)N(C)C(=O)CN(C)C1CC2CCC(C1)N2. The zero-order chi connectivity index (χ0) is 13.3. The molecule has 2 aliphatic heterocycles. The van der Waals surface area contributed by atoms with E-state index in [-0.39, 0.29) is 11.9 Å². The second-order valence-corrected chi connectivity index (χ2v) is 6.28. The van der Waals surface area contributed by atoms with E-state index in [1.54, 1.807) is 0 Å². The van der Waals surface area contributed by atoms with E-state index in [0.717, 1.165) is 0 Å². The lowest BCUT2D eigenvalue weighted by molar-refractivity contribution is -0.133. The predicted octanol–water partition coefficient (Wildman–Crippen LogP) is 1.07. The number of carbonyl (C=O) groups excluding carboxylic acids is 1. The van der Waals surface area contributed by atoms with Crippen molar-refractivity contribution >= 4 is 5.91 Å². The molecule has 2 fully saturated rings. The number of likely N-dealkylation sites (N-methyl/N-ethyl adjacent to an activating group) is 2. The zero-order valence-electron chi connectivity index (χ0n) is 12.1. The maximum Gasteiger partial charge on any atom is 0.236 e. The van der Waals surface area contributed by atoms with E-state index < -0.39 is 0 Å². The Morgan fingerprint density at radius 3 is 2.28 bits per heavy atom. The Morgan fingerprint density at radius 1 is 1.22 bits per heavy atom. The molecule has 0 aliphatic carbocycles. The van der Waals surface area contributed by atoms with Gasteiger partial charge in [0.05, 0.1) is 6.54 Å². The van der Waals surface area contributed by atoms with Crippen LogP contribution >= 0.6 is 0 Å². The highest BCUT2D eigenvalue weighted by atomic mass is 16.2. The Balaban J connectivity index is 1.84. The van der Waals surface area contributed by atoms with Gasteiger partial charge >= 0.3 is 0 Å². The maximum atomic E-state index is 12.1. The summed E-state index contributed by atoms with van der Waals surface area (Å²) in [6.07, 6.45) is 5.03. The lowest BCUT2D eigenvalue weighted by Gasteiger charge is -2.36. The van der Waals surface area contributed by atoms with Crippen LogP contribution < -0.4 is 5.32 Å². The summed E-state index contributed by atoms with van der Waals surface area (Å²) in [5.41, 5.74) is 0. The third-order valence-corrected chi connectivity index (χ3v) is 4.62. The van der Waals surface area contributed by atoms with Gasteiger partial charge in [0.2, 0.25) is 5.91 Å². The standard InChI is InChI=1S/C14H27N3O/c1-10(2)17(4)14(18)9-16(3)13-7-11-5-6-12(8-13)15-11/h10-13,15H,5-9H2,1-4H3. The Bertz CT molecular complexity index is 293. The molecule has 2 heterocycles. The molecule has 1 amide bonds. The fraction of sp³-hybridized carbons (Fsp3) is 0.929. The number of hydrogen-bond acceptors (Lipinski definition) is 3. The summed E-state index contributed by atoms with van der Waals surface area (Å²) in [5.74, 6) is 0.235. The highest BCUT2D eigenvalue weighted by Crippen LogP contribution is 2.29. The lowest BCUT2D eigenvalue weighted by Crippen LogP contribution is -2.50. The number of nitrogens with zero attached hydrogens (tertiary/aromatic N) is 2. The van der Waals surface area contributed by atoms with Crippen LogP contribution in [-0.4, -0.2) is 60.5 Å². The summed E-state index contributed by atoms with van der Waals surface area (Å²) in [7, 11) is 3.99. The molecule has 4 heteroatoms. The van der Waals surface area contributed by atoms with E-state index in [4.69, 9.17) is 0 Å². The molecule has 4 nitrogen and oxygen atoms in total. The number of carbonyl (C=O) groups is 1. The van der Waals surface area contributed by atoms with Gasteiger partial charge in [-0.3, -0.25) is 9.69 Å². The van der Waals surface area contributed by atoms with Gasteiger partial charge in [0.15, 0.2) is 0 Å². The van der Waals surface area contributed by atoms with E-state index in [9.17, 15) is 4.79 Å². The molecule has 2 aliphatic rings. The average molecular weight is 253 g/mol. The van der Waals surface area contributed by atoms with Crippen molar-refractivity contribution in [3.8, 4) is 0 Å². The number of amides is 1. The van der Waals surface area contributed by atoms with Crippen LogP contribution in [-0.2, 0) is 4.79 Å². The summed E-state index contributed by atoms with van der Waals surface area (Å²) in [5, 5.41) is 3.65. The Kier molecular flexibility index (Phi) is 4.28. The van der Waals surface area contributed by atoms with E-state index >= 15 is 0 Å². The summed E-state index contributed by atoms with van der Waals surface area (Å²) in [4.78, 5) is 16.2. The zero-order valence-corrected chi connectivity index (χ0v) is 12.1. The third kappa shape index (κ3) is 3.04. The topological polar surface area (TPSA) is 35.6 Å². The molecular formula is C14H27N3O. The van der Waals surface area contributed by atoms with Crippen molar-refractivity contribution < 1.29 is 4.79 Å². The normalized spacial score (nSPS) is 31.1. The van der Waals surface area contributed by atoms with Crippen molar-refractivity contribution in [2.24, 2.45) is 0 Å². The molecule has 0 saturated carbocycles. The summed E-state index contributed by atoms with van der Waals surface area (Å²) >= 11 is 0. The lowest BCUT2D eigenvalue weighted by atomic mass is 9.98. The molecule has 2 unspecified atom stereocenters. The largest absolute Gasteiger partial charge is 0.342 e. The van der Waals surface area contributed by atoms with Crippen LogP contribution in [0.2, 0.25) is 0 Å². The van der Waals surface area contributed by atoms with Crippen molar-refractivity contribution in [1.29, 1.82) is 0 Å². The van der Waals surface area contributed by atoms with Crippen molar-refractivity contribution in [2.45, 2.75) is 63.7 Å². The van der Waals surface area contributed by atoms with Crippen molar-refractivity contribution in [1.82, 2.24) is 15.1 Å². The second-order valence-electron chi connectivity index (χ2n) is 6.28. The maximum absolute atomic E-state index is 12.1. The number of piperidine rings is 1. The first-order valence-corrected chi connectivity index (χ1v) is 7.19. The molecule has 2 bridgehead atoms. The summed E-state index contributed by atoms with van der Waals surface area (Å²) in [6, 6.07) is 2.24. The molecule has 2 atom stereocenters. The third-order valence-electron chi connectivity index (χ3n) is 4.62. The quantitative estimate of drug-likeness (QED) is 0.814. The molecule has 0 aromatic rings.